The first-order valence-electron chi connectivity index (χ1n) is 4.71. The summed E-state index contributed by atoms with van der Waals surface area (Å²) < 4.78 is 4.78. The van der Waals surface area contributed by atoms with Crippen LogP contribution in [0.15, 0.2) is 0 Å². The van der Waals surface area contributed by atoms with E-state index in [2.05, 4.69) is 0 Å². The van der Waals surface area contributed by atoms with Crippen LogP contribution in [-0.4, -0.2) is 60.5 Å². The molecule has 0 bridgehead atoms. The lowest BCUT2D eigenvalue weighted by Gasteiger charge is -2.22. The number of aliphatic hydroxyl groups excluding tert-OH is 1. The molecule has 2 N–H and O–H groups in total. The maximum atomic E-state index is 10.3. The van der Waals surface area contributed by atoms with Crippen LogP contribution in [0.4, 0.5) is 0 Å². The molecular weight excluding hydrogens is 186 g/mol. The number of likely N-dealkylation sites (N-methyl/N-ethyl adjacent to an activating group) is 1. The number of hydrogen-bond donors (Lipinski definition) is 2. The Morgan fingerprint density at radius 2 is 2.21 bits per heavy atom. The minimum atomic E-state index is -0.815. The smallest absolute Gasteiger partial charge is 0.304 e. The van der Waals surface area contributed by atoms with Crippen molar-refractivity contribution in [3.05, 3.63) is 0 Å². The van der Waals surface area contributed by atoms with E-state index in [0.29, 0.717) is 13.1 Å². The predicted molar refractivity (Wildman–Crippen MR) is 52.2 cm³/mol. The van der Waals surface area contributed by atoms with E-state index in [-0.39, 0.29) is 13.0 Å². The zero-order chi connectivity index (χ0) is 11.0. The van der Waals surface area contributed by atoms with Crippen molar-refractivity contribution in [2.45, 2.75) is 19.4 Å². The van der Waals surface area contributed by atoms with Crippen molar-refractivity contribution in [3.8, 4) is 0 Å². The van der Waals surface area contributed by atoms with Crippen LogP contribution in [0.25, 0.3) is 0 Å². The molecule has 0 fully saturated rings. The molecule has 0 radical (unpaired) electrons. The molecule has 5 nitrogen and oxygen atoms in total. The summed E-state index contributed by atoms with van der Waals surface area (Å²) in [4.78, 5) is 12.2. The van der Waals surface area contributed by atoms with Gasteiger partial charge in [-0.3, -0.25) is 4.79 Å². The summed E-state index contributed by atoms with van der Waals surface area (Å²) in [7, 11) is 1.52. The molecule has 0 spiro atoms. The highest BCUT2D eigenvalue weighted by molar-refractivity contribution is 5.66. The Balaban J connectivity index is 3.71. The second kappa shape index (κ2) is 7.73. The number of carboxylic acids is 1. The van der Waals surface area contributed by atoms with Crippen molar-refractivity contribution in [2.24, 2.45) is 0 Å². The molecule has 0 amide bonds. The van der Waals surface area contributed by atoms with Crippen molar-refractivity contribution in [1.29, 1.82) is 0 Å². The summed E-state index contributed by atoms with van der Waals surface area (Å²) in [6.45, 7) is 3.86. The van der Waals surface area contributed by atoms with E-state index >= 15 is 0 Å². The molecule has 1 unspecified atom stereocenters. The normalized spacial score (nSPS) is 13.1. The molecule has 84 valence electrons. The van der Waals surface area contributed by atoms with Crippen LogP contribution in [-0.2, 0) is 9.53 Å². The largest absolute Gasteiger partial charge is 0.481 e. The van der Waals surface area contributed by atoms with Crippen molar-refractivity contribution >= 4 is 5.97 Å². The maximum Gasteiger partial charge on any atom is 0.304 e. The third-order valence-electron chi connectivity index (χ3n) is 1.92. The summed E-state index contributed by atoms with van der Waals surface area (Å²) in [6, 6.07) is 0. The molecular formula is C9H19NO4. The van der Waals surface area contributed by atoms with Gasteiger partial charge >= 0.3 is 5.97 Å². The second-order valence-corrected chi connectivity index (χ2v) is 3.15. The summed E-state index contributed by atoms with van der Waals surface area (Å²) in [5, 5.41) is 17.9. The van der Waals surface area contributed by atoms with E-state index in [0.717, 1.165) is 6.54 Å². The number of ether oxygens (including phenoxy) is 1. The quantitative estimate of drug-likeness (QED) is 0.574. The van der Waals surface area contributed by atoms with Gasteiger partial charge in [-0.05, 0) is 6.54 Å². The number of rotatable bonds is 8. The molecule has 14 heavy (non-hydrogen) atoms. The summed E-state index contributed by atoms with van der Waals surface area (Å²) in [5.41, 5.74) is 0. The fraction of sp³-hybridized carbons (Fsp3) is 0.889. The monoisotopic (exact) mass is 205 g/mol. The van der Waals surface area contributed by atoms with Gasteiger partial charge < -0.3 is 19.8 Å². The molecule has 0 aliphatic heterocycles. The molecule has 0 aliphatic carbocycles. The SMILES string of the molecule is CCN(CCC(=O)O)CC(O)COC. The fourth-order valence-electron chi connectivity index (χ4n) is 1.18. The van der Waals surface area contributed by atoms with Crippen LogP contribution in [0.3, 0.4) is 0 Å². The van der Waals surface area contributed by atoms with Crippen LogP contribution in [0, 0.1) is 0 Å². The lowest BCUT2D eigenvalue weighted by Crippen LogP contribution is -2.36. The zero-order valence-corrected chi connectivity index (χ0v) is 8.77. The second-order valence-electron chi connectivity index (χ2n) is 3.15. The fourth-order valence-corrected chi connectivity index (χ4v) is 1.18. The maximum absolute atomic E-state index is 10.3. The Morgan fingerprint density at radius 3 is 2.64 bits per heavy atom. The van der Waals surface area contributed by atoms with Gasteiger partial charge in [0, 0.05) is 20.2 Å². The lowest BCUT2D eigenvalue weighted by molar-refractivity contribution is -0.137. The third-order valence-corrected chi connectivity index (χ3v) is 1.92. The van der Waals surface area contributed by atoms with E-state index in [1.54, 1.807) is 0 Å². The van der Waals surface area contributed by atoms with Gasteiger partial charge in [0.05, 0.1) is 19.1 Å². The molecule has 0 saturated carbocycles. The van der Waals surface area contributed by atoms with Crippen LogP contribution < -0.4 is 0 Å². The number of aliphatic hydroxyl groups is 1. The van der Waals surface area contributed by atoms with Crippen LogP contribution in [0.1, 0.15) is 13.3 Å². The highest BCUT2D eigenvalue weighted by Crippen LogP contribution is 1.95. The number of hydrogen-bond acceptors (Lipinski definition) is 4. The van der Waals surface area contributed by atoms with E-state index in [9.17, 15) is 9.90 Å². The molecule has 5 heteroatoms. The number of methoxy groups -OCH3 is 1. The van der Waals surface area contributed by atoms with Crippen molar-refractivity contribution in [2.75, 3.05) is 33.4 Å². The molecule has 1 atom stereocenters. The molecule has 0 heterocycles. The van der Waals surface area contributed by atoms with Gasteiger partial charge in [0.25, 0.3) is 0 Å². The standard InChI is InChI=1S/C9H19NO4/c1-3-10(5-4-9(12)13)6-8(11)7-14-2/h8,11H,3-7H2,1-2H3,(H,12,13). The molecule has 0 rings (SSSR count). The number of aliphatic carboxylic acids is 1. The van der Waals surface area contributed by atoms with E-state index in [4.69, 9.17) is 9.84 Å². The van der Waals surface area contributed by atoms with Crippen molar-refractivity contribution < 1.29 is 19.7 Å². The lowest BCUT2D eigenvalue weighted by atomic mass is 10.3. The highest BCUT2D eigenvalue weighted by atomic mass is 16.5. The van der Waals surface area contributed by atoms with Gasteiger partial charge in [-0.2, -0.15) is 0 Å². The topological polar surface area (TPSA) is 70.0 Å². The Kier molecular flexibility index (Phi) is 7.37. The van der Waals surface area contributed by atoms with E-state index < -0.39 is 12.1 Å². The Bertz CT molecular complexity index is 163. The predicted octanol–water partition coefficient (Wildman–Crippen LogP) is -0.210. The molecule has 0 aromatic heterocycles. The number of carboxylic acid groups (broad SMARTS) is 1. The average molecular weight is 205 g/mol. The molecule has 0 aromatic rings. The Hall–Kier alpha value is -0.650. The van der Waals surface area contributed by atoms with Crippen LogP contribution in [0.5, 0.6) is 0 Å². The van der Waals surface area contributed by atoms with Gasteiger partial charge in [0.15, 0.2) is 0 Å². The van der Waals surface area contributed by atoms with Gasteiger partial charge in [-0.15, -0.1) is 0 Å². The zero-order valence-electron chi connectivity index (χ0n) is 8.77. The minimum absolute atomic E-state index is 0.105. The van der Waals surface area contributed by atoms with Gasteiger partial charge in [-0.25, -0.2) is 0 Å². The molecule has 0 saturated heterocycles. The van der Waals surface area contributed by atoms with Crippen molar-refractivity contribution in [1.82, 2.24) is 4.90 Å². The Labute approximate surface area is 84.3 Å². The van der Waals surface area contributed by atoms with Crippen molar-refractivity contribution in [3.63, 3.8) is 0 Å². The summed E-state index contributed by atoms with van der Waals surface area (Å²) in [6.07, 6.45) is -0.443. The first-order valence-corrected chi connectivity index (χ1v) is 4.71. The third kappa shape index (κ3) is 6.82. The van der Waals surface area contributed by atoms with E-state index in [1.165, 1.54) is 7.11 Å². The van der Waals surface area contributed by atoms with Crippen LogP contribution in [0.2, 0.25) is 0 Å². The van der Waals surface area contributed by atoms with Crippen LogP contribution >= 0.6 is 0 Å². The van der Waals surface area contributed by atoms with Gasteiger partial charge in [0.1, 0.15) is 0 Å². The van der Waals surface area contributed by atoms with E-state index in [1.807, 2.05) is 11.8 Å². The first-order chi connectivity index (χ1) is 6.60. The molecule has 0 aromatic carbocycles. The Morgan fingerprint density at radius 1 is 1.57 bits per heavy atom. The first kappa shape index (κ1) is 13.4. The summed E-state index contributed by atoms with van der Waals surface area (Å²) in [5.74, 6) is -0.815. The van der Waals surface area contributed by atoms with Gasteiger partial charge in [0.2, 0.25) is 0 Å². The summed E-state index contributed by atoms with van der Waals surface area (Å²) >= 11 is 0. The van der Waals surface area contributed by atoms with Gasteiger partial charge in [-0.1, -0.05) is 6.92 Å². The number of carbonyl (C=O) groups is 1. The highest BCUT2D eigenvalue weighted by Gasteiger charge is 2.10. The molecule has 0 aliphatic rings. The average Bonchev–Trinajstić information content (AvgIpc) is 2.12. The number of nitrogens with zero attached hydrogens (tertiary/aromatic N) is 1. The minimum Gasteiger partial charge on any atom is -0.481 e.